The smallest absolute Gasteiger partial charge is 0.224 e. The Morgan fingerprint density at radius 2 is 1.81 bits per heavy atom. The molecule has 5 rings (SSSR count). The second-order valence-corrected chi connectivity index (χ2v) is 7.53. The molecule has 0 spiro atoms. The van der Waals surface area contributed by atoms with Crippen molar-refractivity contribution in [2.45, 2.75) is 12.8 Å². The van der Waals surface area contributed by atoms with Crippen molar-refractivity contribution in [3.63, 3.8) is 0 Å². The number of halogens is 1. The molecule has 0 aliphatic heterocycles. The monoisotopic (exact) mass is 425 g/mol. The third-order valence-corrected chi connectivity index (χ3v) is 5.26. The fourth-order valence-electron chi connectivity index (χ4n) is 3.61. The molecule has 7 heteroatoms. The van der Waals surface area contributed by atoms with Gasteiger partial charge < -0.3 is 15.3 Å². The predicted octanol–water partition coefficient (Wildman–Crippen LogP) is 5.33. The van der Waals surface area contributed by atoms with Gasteiger partial charge in [0.1, 0.15) is 11.6 Å². The van der Waals surface area contributed by atoms with Gasteiger partial charge in [-0.1, -0.05) is 36.4 Å². The van der Waals surface area contributed by atoms with Crippen LogP contribution in [0.3, 0.4) is 0 Å². The lowest BCUT2D eigenvalue weighted by Gasteiger charge is -2.08. The van der Waals surface area contributed by atoms with E-state index in [9.17, 15) is 9.18 Å². The normalized spacial score (nSPS) is 11.0. The van der Waals surface area contributed by atoms with E-state index in [0.29, 0.717) is 24.2 Å². The van der Waals surface area contributed by atoms with Crippen molar-refractivity contribution in [3.05, 3.63) is 90.8 Å². The van der Waals surface area contributed by atoms with Gasteiger partial charge in [0.05, 0.1) is 17.4 Å². The molecular formula is C25H20FN5O. The van der Waals surface area contributed by atoms with Crippen molar-refractivity contribution in [2.24, 2.45) is 0 Å². The van der Waals surface area contributed by atoms with E-state index in [2.05, 4.69) is 25.3 Å². The molecule has 158 valence electrons. The van der Waals surface area contributed by atoms with Crippen LogP contribution in [0.4, 0.5) is 10.1 Å². The van der Waals surface area contributed by atoms with Gasteiger partial charge in [-0.25, -0.2) is 14.4 Å². The Balaban J connectivity index is 1.29. The molecule has 3 N–H and O–H groups in total. The molecule has 0 fully saturated rings. The van der Waals surface area contributed by atoms with E-state index in [1.54, 1.807) is 18.6 Å². The Hall–Kier alpha value is -4.26. The first-order chi connectivity index (χ1) is 15.6. The number of carbonyl (C=O) groups excluding carboxylic acids is 1. The highest BCUT2D eigenvalue weighted by Crippen LogP contribution is 2.27. The van der Waals surface area contributed by atoms with Gasteiger partial charge in [-0.3, -0.25) is 4.79 Å². The fourth-order valence-corrected chi connectivity index (χ4v) is 3.61. The maximum absolute atomic E-state index is 13.4. The van der Waals surface area contributed by atoms with Crippen LogP contribution < -0.4 is 5.32 Å². The van der Waals surface area contributed by atoms with Gasteiger partial charge in [0.15, 0.2) is 0 Å². The highest BCUT2D eigenvalue weighted by Gasteiger charge is 2.08. The highest BCUT2D eigenvalue weighted by atomic mass is 19.1. The van der Waals surface area contributed by atoms with Crippen LogP contribution in [0.1, 0.15) is 12.1 Å². The highest BCUT2D eigenvalue weighted by molar-refractivity contribution is 5.91. The van der Waals surface area contributed by atoms with E-state index in [0.717, 1.165) is 33.6 Å². The Morgan fingerprint density at radius 3 is 2.62 bits per heavy atom. The quantitative estimate of drug-likeness (QED) is 0.344. The summed E-state index contributed by atoms with van der Waals surface area (Å²) >= 11 is 0. The molecule has 0 bridgehead atoms. The lowest BCUT2D eigenvalue weighted by Crippen LogP contribution is -2.12. The van der Waals surface area contributed by atoms with Gasteiger partial charge >= 0.3 is 0 Å². The third-order valence-electron chi connectivity index (χ3n) is 5.26. The maximum Gasteiger partial charge on any atom is 0.224 e. The van der Waals surface area contributed by atoms with Gasteiger partial charge in [-0.05, 0) is 47.9 Å². The molecule has 0 aliphatic carbocycles. The van der Waals surface area contributed by atoms with Crippen molar-refractivity contribution >= 4 is 22.6 Å². The van der Waals surface area contributed by atoms with Crippen LogP contribution in [-0.2, 0) is 11.2 Å². The second kappa shape index (κ2) is 8.47. The van der Waals surface area contributed by atoms with Gasteiger partial charge in [0.25, 0.3) is 0 Å². The number of nitrogens with zero attached hydrogens (tertiary/aromatic N) is 2. The first kappa shape index (κ1) is 19.7. The average Bonchev–Trinajstić information content (AvgIpc) is 3.47. The first-order valence-electron chi connectivity index (χ1n) is 10.3. The molecule has 0 saturated carbocycles. The molecule has 1 amide bonds. The summed E-state index contributed by atoms with van der Waals surface area (Å²) < 4.78 is 13.4. The van der Waals surface area contributed by atoms with Gasteiger partial charge in [0.2, 0.25) is 5.91 Å². The van der Waals surface area contributed by atoms with Gasteiger partial charge in [-0.2, -0.15) is 0 Å². The van der Waals surface area contributed by atoms with Crippen LogP contribution in [0, 0.1) is 5.82 Å². The molecule has 5 aromatic rings. The molecule has 0 aliphatic rings. The summed E-state index contributed by atoms with van der Waals surface area (Å²) in [7, 11) is 0. The number of aromatic amines is 2. The number of imidazole rings is 2. The van der Waals surface area contributed by atoms with Crippen LogP contribution >= 0.6 is 0 Å². The molecule has 32 heavy (non-hydrogen) atoms. The van der Waals surface area contributed by atoms with Crippen molar-refractivity contribution in [3.8, 4) is 22.5 Å². The van der Waals surface area contributed by atoms with Crippen molar-refractivity contribution in [1.82, 2.24) is 19.9 Å². The maximum atomic E-state index is 13.4. The van der Waals surface area contributed by atoms with Crippen molar-refractivity contribution in [2.75, 3.05) is 5.32 Å². The zero-order valence-corrected chi connectivity index (χ0v) is 17.1. The second-order valence-electron chi connectivity index (χ2n) is 7.53. The molecule has 0 atom stereocenters. The van der Waals surface area contributed by atoms with Crippen LogP contribution in [0.15, 0.2) is 79.3 Å². The summed E-state index contributed by atoms with van der Waals surface area (Å²) in [5.74, 6) is 0.347. The van der Waals surface area contributed by atoms with E-state index >= 15 is 0 Å². The van der Waals surface area contributed by atoms with Crippen molar-refractivity contribution in [1.29, 1.82) is 0 Å². The third kappa shape index (κ3) is 4.27. The molecule has 0 saturated heterocycles. The van der Waals surface area contributed by atoms with Crippen LogP contribution in [0.25, 0.3) is 33.5 Å². The minimum atomic E-state index is -0.295. The summed E-state index contributed by atoms with van der Waals surface area (Å²) in [6, 6.07) is 20.2. The molecule has 6 nitrogen and oxygen atoms in total. The number of aromatic nitrogens is 4. The number of fused-ring (bicyclic) bond motifs is 1. The average molecular weight is 425 g/mol. The molecule has 3 aromatic carbocycles. The summed E-state index contributed by atoms with van der Waals surface area (Å²) in [5.41, 5.74) is 6.00. The molecule has 0 unspecified atom stereocenters. The summed E-state index contributed by atoms with van der Waals surface area (Å²) in [4.78, 5) is 26.9. The number of carbonyl (C=O) groups is 1. The molecular weight excluding hydrogens is 405 g/mol. The Kier molecular flexibility index (Phi) is 5.21. The summed E-state index contributed by atoms with van der Waals surface area (Å²) in [6.45, 7) is 0. The number of amides is 1. The number of aryl methyl sites for hydroxylation is 1. The van der Waals surface area contributed by atoms with Crippen molar-refractivity contribution < 1.29 is 9.18 Å². The number of hydrogen-bond donors (Lipinski definition) is 3. The van der Waals surface area contributed by atoms with Crippen LogP contribution in [0.2, 0.25) is 0 Å². The molecule has 2 heterocycles. The number of anilines is 1. The minimum absolute atomic E-state index is 0.0478. The van der Waals surface area contributed by atoms with E-state index in [-0.39, 0.29) is 11.7 Å². The predicted molar refractivity (Wildman–Crippen MR) is 122 cm³/mol. The zero-order chi connectivity index (χ0) is 21.9. The number of hydrogen-bond acceptors (Lipinski definition) is 3. The lowest BCUT2D eigenvalue weighted by atomic mass is 10.0. The molecule has 2 aromatic heterocycles. The Morgan fingerprint density at radius 1 is 0.969 bits per heavy atom. The molecule has 0 radical (unpaired) electrons. The zero-order valence-electron chi connectivity index (χ0n) is 17.1. The Bertz CT molecular complexity index is 1370. The van der Waals surface area contributed by atoms with E-state index in [1.165, 1.54) is 12.1 Å². The lowest BCUT2D eigenvalue weighted by molar-refractivity contribution is -0.116. The van der Waals surface area contributed by atoms with E-state index in [1.807, 2.05) is 48.5 Å². The van der Waals surface area contributed by atoms with Crippen LogP contribution in [0.5, 0.6) is 0 Å². The minimum Gasteiger partial charge on any atom is -0.348 e. The fraction of sp³-hybridized carbons (Fsp3) is 0.0800. The largest absolute Gasteiger partial charge is 0.348 e. The van der Waals surface area contributed by atoms with E-state index < -0.39 is 0 Å². The van der Waals surface area contributed by atoms with Gasteiger partial charge in [0, 0.05) is 29.6 Å². The Labute approximate surface area is 183 Å². The number of H-pyrrole nitrogens is 2. The SMILES string of the molecule is O=C(CCc1cnc[nH]1)Nc1cccc(-c2ccc(-c3nc4ccc(F)cc4[nH]3)cc2)c1. The topological polar surface area (TPSA) is 86.5 Å². The summed E-state index contributed by atoms with van der Waals surface area (Å²) in [6.07, 6.45) is 4.32. The number of benzene rings is 3. The van der Waals surface area contributed by atoms with Gasteiger partial charge in [-0.15, -0.1) is 0 Å². The standard InChI is InChI=1S/C25H20FN5O/c26-19-8-10-22-23(13-19)31-25(30-22)17-6-4-16(5-7-17)18-2-1-3-20(12-18)29-24(32)11-9-21-14-27-15-28-21/h1-8,10,12-15H,9,11H2,(H,27,28)(H,29,32)(H,30,31). The number of rotatable bonds is 6. The van der Waals surface area contributed by atoms with E-state index in [4.69, 9.17) is 0 Å². The van der Waals surface area contributed by atoms with Crippen LogP contribution in [-0.4, -0.2) is 25.8 Å². The first-order valence-corrected chi connectivity index (χ1v) is 10.3. The summed E-state index contributed by atoms with van der Waals surface area (Å²) in [5, 5.41) is 2.95. The number of nitrogens with one attached hydrogen (secondary N) is 3.